The first-order chi connectivity index (χ1) is 8.61. The maximum Gasteiger partial charge on any atom is 0.138 e. The molecule has 1 N–H and O–H groups in total. The predicted octanol–water partition coefficient (Wildman–Crippen LogP) is 1.33. The summed E-state index contributed by atoms with van der Waals surface area (Å²) in [6.07, 6.45) is 4.27. The fourth-order valence-electron chi connectivity index (χ4n) is 2.11. The molecule has 1 atom stereocenters. The van der Waals surface area contributed by atoms with E-state index in [-0.39, 0.29) is 6.04 Å². The van der Waals surface area contributed by atoms with Crippen molar-refractivity contribution in [3.05, 3.63) is 41.2 Å². The minimum absolute atomic E-state index is 0.161. The Morgan fingerprint density at radius 2 is 2.11 bits per heavy atom. The largest absolute Gasteiger partial charge is 0.311 e. The highest BCUT2D eigenvalue weighted by molar-refractivity contribution is 5.26. The molecule has 0 amide bonds. The van der Waals surface area contributed by atoms with Crippen LogP contribution in [0.1, 0.15) is 28.7 Å². The summed E-state index contributed by atoms with van der Waals surface area (Å²) in [5.41, 5.74) is 3.47. The lowest BCUT2D eigenvalue weighted by atomic mass is 10.0. The zero-order valence-electron chi connectivity index (χ0n) is 11.3. The van der Waals surface area contributed by atoms with E-state index in [1.54, 1.807) is 11.0 Å². The summed E-state index contributed by atoms with van der Waals surface area (Å²) >= 11 is 0. The van der Waals surface area contributed by atoms with Gasteiger partial charge in [-0.25, -0.2) is 4.98 Å². The third-order valence-corrected chi connectivity index (χ3v) is 3.13. The molecule has 2 heterocycles. The molecule has 96 valence electrons. The van der Waals surface area contributed by atoms with Crippen LogP contribution in [0.25, 0.3) is 0 Å². The number of aromatic nitrogens is 4. The van der Waals surface area contributed by atoms with E-state index in [0.717, 1.165) is 17.9 Å². The zero-order valence-corrected chi connectivity index (χ0v) is 11.3. The van der Waals surface area contributed by atoms with Gasteiger partial charge in [0, 0.05) is 19.7 Å². The van der Waals surface area contributed by atoms with Gasteiger partial charge in [0.2, 0.25) is 0 Å². The molecule has 0 fully saturated rings. The van der Waals surface area contributed by atoms with Gasteiger partial charge in [-0.2, -0.15) is 5.10 Å². The summed E-state index contributed by atoms with van der Waals surface area (Å²) < 4.78 is 1.80. The highest BCUT2D eigenvalue weighted by Gasteiger charge is 2.16. The Morgan fingerprint density at radius 1 is 1.33 bits per heavy atom. The molecule has 5 nitrogen and oxygen atoms in total. The van der Waals surface area contributed by atoms with E-state index in [0.29, 0.717) is 0 Å². The molecule has 0 aliphatic heterocycles. The maximum absolute atomic E-state index is 4.54. The van der Waals surface area contributed by atoms with Crippen molar-refractivity contribution in [3.8, 4) is 0 Å². The molecule has 0 aromatic carbocycles. The van der Waals surface area contributed by atoms with Gasteiger partial charge in [-0.1, -0.05) is 6.07 Å². The fraction of sp³-hybridized carbons (Fsp3) is 0.462. The zero-order chi connectivity index (χ0) is 13.1. The number of nitrogens with zero attached hydrogens (tertiary/aromatic N) is 4. The van der Waals surface area contributed by atoms with E-state index >= 15 is 0 Å². The lowest BCUT2D eigenvalue weighted by Gasteiger charge is -2.17. The van der Waals surface area contributed by atoms with Gasteiger partial charge in [0.15, 0.2) is 0 Å². The van der Waals surface area contributed by atoms with E-state index < -0.39 is 0 Å². The number of pyridine rings is 1. The summed E-state index contributed by atoms with van der Waals surface area (Å²) in [6, 6.07) is 2.32. The van der Waals surface area contributed by atoms with Crippen LogP contribution in [-0.4, -0.2) is 26.8 Å². The standard InChI is InChI=1S/C13H19N5/c1-9-5-10(2)13(15-7-9)11(14-3)6-12-16-8-17-18(12)4/h5,7-8,11,14H,6H2,1-4H3. The first-order valence-electron chi connectivity index (χ1n) is 6.05. The lowest BCUT2D eigenvalue weighted by Crippen LogP contribution is -2.22. The van der Waals surface area contributed by atoms with Crippen LogP contribution < -0.4 is 5.32 Å². The number of hydrogen-bond donors (Lipinski definition) is 1. The molecule has 0 saturated carbocycles. The van der Waals surface area contributed by atoms with Crippen molar-refractivity contribution in [2.45, 2.75) is 26.3 Å². The Labute approximate surface area is 107 Å². The van der Waals surface area contributed by atoms with E-state index in [1.807, 2.05) is 20.3 Å². The first-order valence-corrected chi connectivity index (χ1v) is 6.05. The molecule has 0 aliphatic rings. The van der Waals surface area contributed by atoms with Crippen LogP contribution in [0.3, 0.4) is 0 Å². The molecule has 0 spiro atoms. The molecular weight excluding hydrogens is 226 g/mol. The van der Waals surface area contributed by atoms with Crippen LogP contribution in [0, 0.1) is 13.8 Å². The second-order valence-electron chi connectivity index (χ2n) is 4.56. The van der Waals surface area contributed by atoms with Gasteiger partial charge in [-0.3, -0.25) is 9.67 Å². The number of nitrogens with one attached hydrogen (secondary N) is 1. The number of likely N-dealkylation sites (N-methyl/N-ethyl adjacent to an activating group) is 1. The molecule has 0 radical (unpaired) electrons. The smallest absolute Gasteiger partial charge is 0.138 e. The third kappa shape index (κ3) is 2.56. The van der Waals surface area contributed by atoms with Gasteiger partial charge in [0.25, 0.3) is 0 Å². The van der Waals surface area contributed by atoms with Crippen LogP contribution in [0.5, 0.6) is 0 Å². The SMILES string of the molecule is CNC(Cc1ncnn1C)c1ncc(C)cc1C. The topological polar surface area (TPSA) is 55.6 Å². The average molecular weight is 245 g/mol. The molecule has 2 aromatic heterocycles. The van der Waals surface area contributed by atoms with Crippen molar-refractivity contribution in [2.24, 2.45) is 7.05 Å². The van der Waals surface area contributed by atoms with Gasteiger partial charge in [0.1, 0.15) is 12.2 Å². The van der Waals surface area contributed by atoms with Crippen LogP contribution in [0.4, 0.5) is 0 Å². The van der Waals surface area contributed by atoms with Gasteiger partial charge >= 0.3 is 0 Å². The number of aryl methyl sites for hydroxylation is 3. The van der Waals surface area contributed by atoms with Gasteiger partial charge in [0.05, 0.1) is 11.7 Å². The van der Waals surface area contributed by atoms with Crippen molar-refractivity contribution in [2.75, 3.05) is 7.05 Å². The van der Waals surface area contributed by atoms with Crippen molar-refractivity contribution >= 4 is 0 Å². The Bertz CT molecular complexity index is 532. The Kier molecular flexibility index (Phi) is 3.72. The van der Waals surface area contributed by atoms with Crippen molar-refractivity contribution in [3.63, 3.8) is 0 Å². The van der Waals surface area contributed by atoms with Crippen molar-refractivity contribution in [1.82, 2.24) is 25.1 Å². The predicted molar refractivity (Wildman–Crippen MR) is 70.2 cm³/mol. The molecule has 1 unspecified atom stereocenters. The minimum Gasteiger partial charge on any atom is -0.311 e. The average Bonchev–Trinajstić information content (AvgIpc) is 2.73. The van der Waals surface area contributed by atoms with Crippen LogP contribution >= 0.6 is 0 Å². The molecule has 2 aromatic rings. The van der Waals surface area contributed by atoms with Gasteiger partial charge in [-0.05, 0) is 32.0 Å². The van der Waals surface area contributed by atoms with E-state index in [2.05, 4.69) is 40.3 Å². The Balaban J connectivity index is 2.26. The van der Waals surface area contributed by atoms with E-state index in [1.165, 1.54) is 11.1 Å². The number of rotatable bonds is 4. The maximum atomic E-state index is 4.54. The van der Waals surface area contributed by atoms with Crippen molar-refractivity contribution in [1.29, 1.82) is 0 Å². The van der Waals surface area contributed by atoms with Crippen molar-refractivity contribution < 1.29 is 0 Å². The molecule has 18 heavy (non-hydrogen) atoms. The minimum atomic E-state index is 0.161. The molecular formula is C13H19N5. The van der Waals surface area contributed by atoms with Crippen LogP contribution in [-0.2, 0) is 13.5 Å². The Hall–Kier alpha value is -1.75. The second-order valence-corrected chi connectivity index (χ2v) is 4.56. The highest BCUT2D eigenvalue weighted by Crippen LogP contribution is 2.19. The van der Waals surface area contributed by atoms with Gasteiger partial charge < -0.3 is 5.32 Å². The molecule has 2 rings (SSSR count). The summed E-state index contributed by atoms with van der Waals surface area (Å²) in [5, 5.41) is 7.39. The molecule has 0 saturated heterocycles. The van der Waals surface area contributed by atoms with Crippen LogP contribution in [0.15, 0.2) is 18.6 Å². The quantitative estimate of drug-likeness (QED) is 0.883. The monoisotopic (exact) mass is 245 g/mol. The second kappa shape index (κ2) is 5.27. The summed E-state index contributed by atoms with van der Waals surface area (Å²) in [7, 11) is 3.85. The van der Waals surface area contributed by atoms with E-state index in [9.17, 15) is 0 Å². The normalized spacial score (nSPS) is 12.7. The van der Waals surface area contributed by atoms with Gasteiger partial charge in [-0.15, -0.1) is 0 Å². The highest BCUT2D eigenvalue weighted by atomic mass is 15.3. The lowest BCUT2D eigenvalue weighted by molar-refractivity contribution is 0.538. The Morgan fingerprint density at radius 3 is 2.67 bits per heavy atom. The van der Waals surface area contributed by atoms with E-state index in [4.69, 9.17) is 0 Å². The van der Waals surface area contributed by atoms with Crippen LogP contribution in [0.2, 0.25) is 0 Å². The molecule has 0 aliphatic carbocycles. The first kappa shape index (κ1) is 12.7. The third-order valence-electron chi connectivity index (χ3n) is 3.13. The number of hydrogen-bond acceptors (Lipinski definition) is 4. The summed E-state index contributed by atoms with van der Waals surface area (Å²) in [4.78, 5) is 8.80. The molecule has 5 heteroatoms. The summed E-state index contributed by atoms with van der Waals surface area (Å²) in [6.45, 7) is 4.15. The summed E-state index contributed by atoms with van der Waals surface area (Å²) in [5.74, 6) is 0.955. The molecule has 0 bridgehead atoms. The fourth-order valence-corrected chi connectivity index (χ4v) is 2.11.